The predicted molar refractivity (Wildman–Crippen MR) is 30.7 cm³/mol. The molecule has 0 unspecified atom stereocenters. The fourth-order valence-corrected chi connectivity index (χ4v) is 0.275. The van der Waals surface area contributed by atoms with Gasteiger partial charge in [-0.3, -0.25) is 0 Å². The quantitative estimate of drug-likeness (QED) is 0.510. The van der Waals surface area contributed by atoms with Gasteiger partial charge in [-0.2, -0.15) is 0 Å². The first-order valence-corrected chi connectivity index (χ1v) is 2.75. The molecule has 0 aromatic rings. The highest BCUT2D eigenvalue weighted by Crippen LogP contribution is 2.04. The second-order valence-electron chi connectivity index (χ2n) is 2.77. The maximum absolute atomic E-state index is 9.81. The summed E-state index contributed by atoms with van der Waals surface area (Å²) in [4.78, 5) is 9.81. The Bertz CT molecular complexity index is 101. The van der Waals surface area contributed by atoms with Crippen molar-refractivity contribution in [1.29, 1.82) is 0 Å². The van der Waals surface area contributed by atoms with Crippen molar-refractivity contribution in [3.63, 3.8) is 0 Å². The van der Waals surface area contributed by atoms with E-state index >= 15 is 0 Å². The summed E-state index contributed by atoms with van der Waals surface area (Å²) < 4.78 is 4.83. The molecule has 0 aliphatic rings. The van der Waals surface area contributed by atoms with Crippen molar-refractivity contribution in [3.8, 4) is 0 Å². The van der Waals surface area contributed by atoms with E-state index in [0.29, 0.717) is 0 Å². The van der Waals surface area contributed by atoms with Crippen LogP contribution in [0, 0.1) is 0 Å². The lowest BCUT2D eigenvalue weighted by Gasteiger charge is -2.19. The van der Waals surface area contributed by atoms with Gasteiger partial charge in [-0.1, -0.05) is 0 Å². The summed E-state index contributed by atoms with van der Waals surface area (Å²) >= 11 is 0. The predicted octanol–water partition coefficient (Wildman–Crippen LogP) is -0.449. The summed E-state index contributed by atoms with van der Waals surface area (Å²) in [7, 11) is 0. The zero-order chi connectivity index (χ0) is 7.49. The van der Waals surface area contributed by atoms with Crippen molar-refractivity contribution in [3.05, 3.63) is 0 Å². The summed E-state index contributed by atoms with van der Waals surface area (Å²) in [6.07, 6.45) is 0. The zero-order valence-electron chi connectivity index (χ0n) is 5.93. The Kier molecular flexibility index (Phi) is 2.65. The van der Waals surface area contributed by atoms with Crippen LogP contribution in [0.4, 0.5) is 0 Å². The molecule has 0 fully saturated rings. The molecule has 0 aliphatic heterocycles. The molecule has 3 nitrogen and oxygen atoms in total. The molecular weight excluding hydrogens is 120 g/mol. The molecule has 9 heavy (non-hydrogen) atoms. The number of hydrogen-bond acceptors (Lipinski definition) is 3. The lowest BCUT2D eigenvalue weighted by atomic mass is 10.2. The van der Waals surface area contributed by atoms with Crippen molar-refractivity contribution in [1.82, 2.24) is 0 Å². The van der Waals surface area contributed by atoms with Gasteiger partial charge in [0, 0.05) is 0 Å². The molecule has 0 aliphatic carbocycles. The Morgan fingerprint density at radius 1 is 1.56 bits per heavy atom. The smallest absolute Gasteiger partial charge is 0.0868 e. The highest BCUT2D eigenvalue weighted by molar-refractivity contribution is 5.65. The third-order valence-corrected chi connectivity index (χ3v) is 0.623. The first kappa shape index (κ1) is 8.43. The Morgan fingerprint density at radius 2 is 2.00 bits per heavy atom. The van der Waals surface area contributed by atoms with E-state index in [1.165, 1.54) is 0 Å². The van der Waals surface area contributed by atoms with Gasteiger partial charge in [-0.05, 0) is 20.8 Å². The van der Waals surface area contributed by atoms with Crippen LogP contribution < -0.4 is 5.11 Å². The van der Waals surface area contributed by atoms with E-state index in [9.17, 15) is 9.90 Å². The van der Waals surface area contributed by atoms with Crippen molar-refractivity contribution in [2.24, 2.45) is 0 Å². The fraction of sp³-hybridized carbons (Fsp3) is 0.833. The summed E-state index contributed by atoms with van der Waals surface area (Å²) in [5.74, 6) is -1.18. The number of ether oxygens (including phenoxy) is 1. The molecule has 0 saturated heterocycles. The lowest BCUT2D eigenvalue weighted by Crippen LogP contribution is -2.32. The van der Waals surface area contributed by atoms with Crippen LogP contribution in [-0.2, 0) is 9.53 Å². The maximum atomic E-state index is 9.81. The van der Waals surface area contributed by atoms with E-state index in [1.807, 2.05) is 0 Å². The first-order chi connectivity index (χ1) is 3.92. The first-order valence-electron chi connectivity index (χ1n) is 2.75. The second-order valence-corrected chi connectivity index (χ2v) is 2.77. The Labute approximate surface area is 54.6 Å². The number of hydrogen-bond donors (Lipinski definition) is 0. The van der Waals surface area contributed by atoms with Gasteiger partial charge in [-0.25, -0.2) is 0 Å². The van der Waals surface area contributed by atoms with E-state index in [-0.39, 0.29) is 12.2 Å². The lowest BCUT2D eigenvalue weighted by molar-refractivity contribution is -0.311. The van der Waals surface area contributed by atoms with Gasteiger partial charge in [0.15, 0.2) is 0 Å². The standard InChI is InChI=1S/C6H12O3/c1-6(2,3)9-4-5(7)8/h4H2,1-3H3,(H,7,8)/p-1. The average molecular weight is 131 g/mol. The van der Waals surface area contributed by atoms with Crippen LogP contribution in [-0.4, -0.2) is 18.2 Å². The van der Waals surface area contributed by atoms with Crippen LogP contribution >= 0.6 is 0 Å². The molecule has 3 heteroatoms. The van der Waals surface area contributed by atoms with Crippen LogP contribution in [0.5, 0.6) is 0 Å². The van der Waals surface area contributed by atoms with E-state index in [1.54, 1.807) is 20.8 Å². The number of rotatable bonds is 2. The van der Waals surface area contributed by atoms with Crippen LogP contribution in [0.1, 0.15) is 20.8 Å². The van der Waals surface area contributed by atoms with E-state index in [4.69, 9.17) is 4.74 Å². The number of carboxylic acid groups (broad SMARTS) is 1. The van der Waals surface area contributed by atoms with Gasteiger partial charge < -0.3 is 14.6 Å². The molecule has 0 aromatic carbocycles. The minimum Gasteiger partial charge on any atom is -0.548 e. The monoisotopic (exact) mass is 131 g/mol. The third kappa shape index (κ3) is 7.43. The molecule has 0 spiro atoms. The van der Waals surface area contributed by atoms with E-state index in [0.717, 1.165) is 0 Å². The zero-order valence-corrected chi connectivity index (χ0v) is 5.93. The highest BCUT2D eigenvalue weighted by atomic mass is 16.5. The van der Waals surface area contributed by atoms with Gasteiger partial charge >= 0.3 is 0 Å². The fourth-order valence-electron chi connectivity index (χ4n) is 0.275. The number of carbonyl (C=O) groups excluding carboxylic acids is 1. The minimum absolute atomic E-state index is 0.330. The van der Waals surface area contributed by atoms with Crippen LogP contribution in [0.3, 0.4) is 0 Å². The van der Waals surface area contributed by atoms with Gasteiger partial charge in [0.1, 0.15) is 0 Å². The van der Waals surface area contributed by atoms with Gasteiger partial charge in [-0.15, -0.1) is 0 Å². The van der Waals surface area contributed by atoms with Crippen molar-refractivity contribution in [2.45, 2.75) is 26.4 Å². The largest absolute Gasteiger partial charge is 0.548 e. The number of aliphatic carboxylic acids is 1. The van der Waals surface area contributed by atoms with Crippen molar-refractivity contribution >= 4 is 5.97 Å². The van der Waals surface area contributed by atoms with E-state index < -0.39 is 5.97 Å². The molecule has 0 atom stereocenters. The van der Waals surface area contributed by atoms with Gasteiger partial charge in [0.2, 0.25) is 0 Å². The molecule has 0 bridgehead atoms. The normalized spacial score (nSPS) is 11.4. The number of carbonyl (C=O) groups is 1. The molecule has 0 rings (SSSR count). The summed E-state index contributed by atoms with van der Waals surface area (Å²) in [5, 5.41) is 9.81. The molecule has 0 saturated carbocycles. The Morgan fingerprint density at radius 3 is 2.11 bits per heavy atom. The Hall–Kier alpha value is -0.570. The average Bonchev–Trinajstić information content (AvgIpc) is 1.59. The summed E-state index contributed by atoms with van der Waals surface area (Å²) in [6.45, 7) is 5.03. The van der Waals surface area contributed by atoms with Crippen LogP contribution in [0.2, 0.25) is 0 Å². The SMILES string of the molecule is CC(C)(C)OCC(=O)[O-]. The minimum atomic E-state index is -1.18. The van der Waals surface area contributed by atoms with E-state index in [2.05, 4.69) is 0 Å². The molecule has 0 N–H and O–H groups in total. The summed E-state index contributed by atoms with van der Waals surface area (Å²) in [5.41, 5.74) is -0.389. The van der Waals surface area contributed by atoms with Crippen molar-refractivity contribution in [2.75, 3.05) is 6.61 Å². The highest BCUT2D eigenvalue weighted by Gasteiger charge is 2.08. The number of carboxylic acids is 1. The molecule has 0 amide bonds. The molecule has 0 radical (unpaired) electrons. The Balaban J connectivity index is 3.39. The van der Waals surface area contributed by atoms with Crippen LogP contribution in [0.25, 0.3) is 0 Å². The molecule has 0 aromatic heterocycles. The van der Waals surface area contributed by atoms with Crippen LogP contribution in [0.15, 0.2) is 0 Å². The van der Waals surface area contributed by atoms with Gasteiger partial charge in [0.25, 0.3) is 0 Å². The second kappa shape index (κ2) is 2.82. The molecule has 54 valence electrons. The molecular formula is C6H11O3-. The topological polar surface area (TPSA) is 49.4 Å². The molecule has 0 heterocycles. The maximum Gasteiger partial charge on any atom is 0.0868 e. The van der Waals surface area contributed by atoms with Crippen molar-refractivity contribution < 1.29 is 14.6 Å². The van der Waals surface area contributed by atoms with Gasteiger partial charge in [0.05, 0.1) is 18.2 Å². The third-order valence-electron chi connectivity index (χ3n) is 0.623. The summed E-state index contributed by atoms with van der Waals surface area (Å²) in [6, 6.07) is 0.